The molecule has 92 valence electrons. The van der Waals surface area contributed by atoms with Crippen molar-refractivity contribution in [3.8, 4) is 5.75 Å². The van der Waals surface area contributed by atoms with Crippen LogP contribution >= 0.6 is 0 Å². The van der Waals surface area contributed by atoms with Crippen LogP contribution in [0.15, 0.2) is 24.3 Å². The lowest BCUT2D eigenvalue weighted by Crippen LogP contribution is -2.24. The standard InChI is InChI=1S/C14H18O3/c1-2-12(15)13(16)9-10-7-8-17-14-6-4-3-5-11(10)14/h3-6,10,12,15H,2,7-9H2,1H3. The van der Waals surface area contributed by atoms with Crippen LogP contribution in [-0.4, -0.2) is 23.6 Å². The van der Waals surface area contributed by atoms with Crippen molar-refractivity contribution in [1.82, 2.24) is 0 Å². The van der Waals surface area contributed by atoms with Gasteiger partial charge >= 0.3 is 0 Å². The lowest BCUT2D eigenvalue weighted by atomic mass is 9.87. The molecule has 0 saturated carbocycles. The van der Waals surface area contributed by atoms with Crippen LogP contribution in [0.4, 0.5) is 0 Å². The monoisotopic (exact) mass is 234 g/mol. The van der Waals surface area contributed by atoms with Gasteiger partial charge in [0.2, 0.25) is 0 Å². The number of aliphatic hydroxyl groups excluding tert-OH is 1. The first kappa shape index (κ1) is 12.1. The highest BCUT2D eigenvalue weighted by molar-refractivity contribution is 5.83. The molecular formula is C14H18O3. The molecule has 0 saturated heterocycles. The van der Waals surface area contributed by atoms with Crippen molar-refractivity contribution in [3.63, 3.8) is 0 Å². The maximum Gasteiger partial charge on any atom is 0.161 e. The number of fused-ring (bicyclic) bond motifs is 1. The molecule has 1 aromatic carbocycles. The van der Waals surface area contributed by atoms with E-state index in [1.165, 1.54) is 0 Å². The van der Waals surface area contributed by atoms with Gasteiger partial charge in [0.1, 0.15) is 11.9 Å². The van der Waals surface area contributed by atoms with Gasteiger partial charge in [-0.15, -0.1) is 0 Å². The fraction of sp³-hybridized carbons (Fsp3) is 0.500. The van der Waals surface area contributed by atoms with E-state index in [9.17, 15) is 9.90 Å². The van der Waals surface area contributed by atoms with E-state index in [4.69, 9.17) is 4.74 Å². The van der Waals surface area contributed by atoms with Crippen LogP contribution in [0.1, 0.15) is 37.7 Å². The molecule has 0 aliphatic carbocycles. The number of Topliss-reactive ketones (excluding diaryl/α,β-unsaturated/α-hetero) is 1. The maximum absolute atomic E-state index is 11.8. The van der Waals surface area contributed by atoms with Gasteiger partial charge < -0.3 is 9.84 Å². The number of carbonyl (C=O) groups is 1. The minimum Gasteiger partial charge on any atom is -0.493 e. The molecule has 0 radical (unpaired) electrons. The second-order valence-corrected chi connectivity index (χ2v) is 4.47. The Balaban J connectivity index is 2.11. The highest BCUT2D eigenvalue weighted by Gasteiger charge is 2.25. The van der Waals surface area contributed by atoms with Crippen LogP contribution < -0.4 is 4.74 Å². The number of para-hydroxylation sites is 1. The Labute approximate surface area is 101 Å². The molecule has 1 N–H and O–H groups in total. The van der Waals surface area contributed by atoms with E-state index >= 15 is 0 Å². The molecule has 3 nitrogen and oxygen atoms in total. The quantitative estimate of drug-likeness (QED) is 0.869. The first-order valence-corrected chi connectivity index (χ1v) is 6.15. The maximum atomic E-state index is 11.8. The summed E-state index contributed by atoms with van der Waals surface area (Å²) in [5.41, 5.74) is 1.09. The summed E-state index contributed by atoms with van der Waals surface area (Å²) in [6.45, 7) is 2.47. The molecular weight excluding hydrogens is 216 g/mol. The fourth-order valence-corrected chi connectivity index (χ4v) is 2.23. The van der Waals surface area contributed by atoms with Crippen LogP contribution in [0.3, 0.4) is 0 Å². The number of ketones is 1. The van der Waals surface area contributed by atoms with Gasteiger partial charge in [-0.2, -0.15) is 0 Å². The normalized spacial score (nSPS) is 20.2. The average molecular weight is 234 g/mol. The van der Waals surface area contributed by atoms with Crippen molar-refractivity contribution in [2.45, 2.75) is 38.2 Å². The molecule has 0 bridgehead atoms. The molecule has 0 fully saturated rings. The van der Waals surface area contributed by atoms with Crippen LogP contribution in [0.2, 0.25) is 0 Å². The smallest absolute Gasteiger partial charge is 0.161 e. The highest BCUT2D eigenvalue weighted by atomic mass is 16.5. The first-order chi connectivity index (χ1) is 8.22. The van der Waals surface area contributed by atoms with E-state index in [1.54, 1.807) is 0 Å². The minimum absolute atomic E-state index is 0.0609. The van der Waals surface area contributed by atoms with E-state index in [0.717, 1.165) is 17.7 Å². The lowest BCUT2D eigenvalue weighted by molar-refractivity contribution is -0.127. The summed E-state index contributed by atoms with van der Waals surface area (Å²) < 4.78 is 5.55. The third kappa shape index (κ3) is 2.67. The van der Waals surface area contributed by atoms with Gasteiger partial charge in [-0.3, -0.25) is 4.79 Å². The van der Waals surface area contributed by atoms with Crippen molar-refractivity contribution in [2.24, 2.45) is 0 Å². The first-order valence-electron chi connectivity index (χ1n) is 6.15. The molecule has 3 heteroatoms. The van der Waals surface area contributed by atoms with E-state index in [1.807, 2.05) is 31.2 Å². The Morgan fingerprint density at radius 3 is 3.06 bits per heavy atom. The van der Waals surface area contributed by atoms with E-state index in [0.29, 0.717) is 19.4 Å². The van der Waals surface area contributed by atoms with Crippen molar-refractivity contribution < 1.29 is 14.6 Å². The minimum atomic E-state index is -0.815. The predicted octanol–water partition coefficient (Wildman–Crippen LogP) is 2.28. The van der Waals surface area contributed by atoms with Gasteiger partial charge in [0.05, 0.1) is 6.61 Å². The highest BCUT2D eigenvalue weighted by Crippen LogP contribution is 2.35. The molecule has 1 aliphatic rings. The Morgan fingerprint density at radius 2 is 2.29 bits per heavy atom. The Kier molecular flexibility index (Phi) is 3.79. The van der Waals surface area contributed by atoms with Gasteiger partial charge in [-0.05, 0) is 30.4 Å². The molecule has 0 aromatic heterocycles. The van der Waals surface area contributed by atoms with Crippen molar-refractivity contribution in [3.05, 3.63) is 29.8 Å². The number of hydrogen-bond donors (Lipinski definition) is 1. The Hall–Kier alpha value is -1.35. The molecule has 2 rings (SSSR count). The number of aliphatic hydroxyl groups is 1. The zero-order valence-electron chi connectivity index (χ0n) is 10.1. The average Bonchev–Trinajstić information content (AvgIpc) is 2.38. The number of carbonyl (C=O) groups excluding carboxylic acids is 1. The number of benzene rings is 1. The second kappa shape index (κ2) is 5.32. The number of rotatable bonds is 4. The van der Waals surface area contributed by atoms with Crippen molar-refractivity contribution in [2.75, 3.05) is 6.61 Å². The van der Waals surface area contributed by atoms with Gasteiger partial charge in [-0.1, -0.05) is 25.1 Å². The number of hydrogen-bond acceptors (Lipinski definition) is 3. The molecule has 2 unspecified atom stereocenters. The largest absolute Gasteiger partial charge is 0.493 e. The van der Waals surface area contributed by atoms with Gasteiger partial charge in [0.25, 0.3) is 0 Å². The zero-order valence-corrected chi connectivity index (χ0v) is 10.1. The SMILES string of the molecule is CCC(O)C(=O)CC1CCOc2ccccc21. The summed E-state index contributed by atoms with van der Waals surface area (Å²) in [6.07, 6.45) is 0.933. The molecule has 0 spiro atoms. The van der Waals surface area contributed by atoms with Crippen LogP contribution in [0.25, 0.3) is 0 Å². The topological polar surface area (TPSA) is 46.5 Å². The molecule has 0 amide bonds. The fourth-order valence-electron chi connectivity index (χ4n) is 2.23. The molecule has 1 aliphatic heterocycles. The lowest BCUT2D eigenvalue weighted by Gasteiger charge is -2.25. The molecule has 1 heterocycles. The summed E-state index contributed by atoms with van der Waals surface area (Å²) >= 11 is 0. The predicted molar refractivity (Wildman–Crippen MR) is 65.2 cm³/mol. The molecule has 2 atom stereocenters. The number of ether oxygens (including phenoxy) is 1. The van der Waals surface area contributed by atoms with Crippen LogP contribution in [-0.2, 0) is 4.79 Å². The molecule has 17 heavy (non-hydrogen) atoms. The van der Waals surface area contributed by atoms with E-state index < -0.39 is 6.10 Å². The van der Waals surface area contributed by atoms with Crippen molar-refractivity contribution in [1.29, 1.82) is 0 Å². The summed E-state index contributed by atoms with van der Waals surface area (Å²) in [6, 6.07) is 7.83. The van der Waals surface area contributed by atoms with Crippen LogP contribution in [0.5, 0.6) is 5.75 Å². The molecule has 1 aromatic rings. The van der Waals surface area contributed by atoms with Crippen molar-refractivity contribution >= 4 is 5.78 Å². The van der Waals surface area contributed by atoms with E-state index in [2.05, 4.69) is 0 Å². The van der Waals surface area contributed by atoms with Crippen LogP contribution in [0, 0.1) is 0 Å². The Bertz CT molecular complexity index is 400. The summed E-state index contributed by atoms with van der Waals surface area (Å²) in [5.74, 6) is 1.00. The summed E-state index contributed by atoms with van der Waals surface area (Å²) in [5, 5.41) is 9.52. The zero-order chi connectivity index (χ0) is 12.3. The third-order valence-electron chi connectivity index (χ3n) is 3.29. The second-order valence-electron chi connectivity index (χ2n) is 4.47. The third-order valence-corrected chi connectivity index (χ3v) is 3.29. The van der Waals surface area contributed by atoms with Gasteiger partial charge in [-0.25, -0.2) is 0 Å². The van der Waals surface area contributed by atoms with Gasteiger partial charge in [0.15, 0.2) is 5.78 Å². The Morgan fingerprint density at radius 1 is 1.53 bits per heavy atom. The summed E-state index contributed by atoms with van der Waals surface area (Å²) in [4.78, 5) is 11.8. The summed E-state index contributed by atoms with van der Waals surface area (Å²) in [7, 11) is 0. The van der Waals surface area contributed by atoms with Gasteiger partial charge in [0, 0.05) is 6.42 Å². The van der Waals surface area contributed by atoms with E-state index in [-0.39, 0.29) is 11.7 Å².